The Bertz CT molecular complexity index is 798. The highest BCUT2D eigenvalue weighted by molar-refractivity contribution is 7.09. The number of thiazole rings is 1. The third-order valence-electron chi connectivity index (χ3n) is 5.74. The molecule has 1 saturated heterocycles. The molecule has 1 aromatic carbocycles. The van der Waals surface area contributed by atoms with Crippen LogP contribution < -0.4 is 10.6 Å². The molecule has 6 heteroatoms. The smallest absolute Gasteiger partial charge is 0.271 e. The van der Waals surface area contributed by atoms with Crippen molar-refractivity contribution in [3.63, 3.8) is 0 Å². The molecule has 2 aromatic rings. The van der Waals surface area contributed by atoms with Gasteiger partial charge < -0.3 is 15.7 Å². The van der Waals surface area contributed by atoms with Gasteiger partial charge in [-0.15, -0.1) is 11.3 Å². The molecule has 2 aliphatic rings. The molecule has 0 radical (unpaired) electrons. The summed E-state index contributed by atoms with van der Waals surface area (Å²) in [6.07, 6.45) is 3.06. The van der Waals surface area contributed by atoms with E-state index in [-0.39, 0.29) is 17.4 Å². The standard InChI is InChI=1S/C20H25N3O2S/c1-2-5-16-22-15(12-26-16)19(25)23-17-13-6-3-4-7-14(13)20(18(17)24)8-10-21-11-9-20/h3-4,6-7,12,17-18,21,24H,2,5,8-11H2,1H3,(H,23,25)/t17-,18+/m0/s1. The summed E-state index contributed by atoms with van der Waals surface area (Å²) in [7, 11) is 0. The quantitative estimate of drug-likeness (QED) is 0.772. The van der Waals surface area contributed by atoms with Crippen LogP contribution in [-0.2, 0) is 11.8 Å². The van der Waals surface area contributed by atoms with E-state index in [9.17, 15) is 9.90 Å². The Kier molecular flexibility index (Phi) is 4.82. The van der Waals surface area contributed by atoms with Crippen LogP contribution >= 0.6 is 11.3 Å². The maximum absolute atomic E-state index is 12.8. The van der Waals surface area contributed by atoms with Crippen molar-refractivity contribution in [2.24, 2.45) is 0 Å². The molecule has 0 saturated carbocycles. The van der Waals surface area contributed by atoms with Crippen LogP contribution in [0, 0.1) is 0 Å². The molecule has 138 valence electrons. The zero-order valence-corrected chi connectivity index (χ0v) is 15.8. The number of aliphatic hydroxyl groups excluding tert-OH is 1. The number of fused-ring (bicyclic) bond motifs is 2. The minimum absolute atomic E-state index is 0.201. The normalized spacial score (nSPS) is 23.8. The van der Waals surface area contributed by atoms with Gasteiger partial charge in [-0.1, -0.05) is 31.2 Å². The van der Waals surface area contributed by atoms with Crippen molar-refractivity contribution < 1.29 is 9.90 Å². The van der Waals surface area contributed by atoms with Crippen LogP contribution in [0.5, 0.6) is 0 Å². The highest BCUT2D eigenvalue weighted by atomic mass is 32.1. The number of amides is 1. The molecule has 1 fully saturated rings. The van der Waals surface area contributed by atoms with Crippen molar-refractivity contribution in [1.82, 2.24) is 15.6 Å². The fourth-order valence-electron chi connectivity index (χ4n) is 4.42. The number of hydrogen-bond acceptors (Lipinski definition) is 5. The van der Waals surface area contributed by atoms with E-state index in [0.29, 0.717) is 5.69 Å². The molecule has 0 bridgehead atoms. The lowest BCUT2D eigenvalue weighted by molar-refractivity contribution is 0.0417. The SMILES string of the molecule is CCCc1nc(C(=O)N[C@H]2c3ccccc3C3(CCNCC3)[C@@H]2O)cs1. The minimum Gasteiger partial charge on any atom is -0.390 e. The molecule has 2 atom stereocenters. The summed E-state index contributed by atoms with van der Waals surface area (Å²) in [6, 6.07) is 7.76. The van der Waals surface area contributed by atoms with Crippen LogP contribution in [0.1, 0.15) is 58.9 Å². The van der Waals surface area contributed by atoms with E-state index in [1.807, 2.05) is 23.6 Å². The molecule has 1 aliphatic heterocycles. The average molecular weight is 372 g/mol. The third kappa shape index (κ3) is 2.86. The molecule has 2 heterocycles. The van der Waals surface area contributed by atoms with Crippen LogP contribution in [-0.4, -0.2) is 35.2 Å². The molecular formula is C20H25N3O2S. The van der Waals surface area contributed by atoms with Gasteiger partial charge in [-0.3, -0.25) is 4.79 Å². The number of hydrogen-bond donors (Lipinski definition) is 3. The van der Waals surface area contributed by atoms with Gasteiger partial charge in [0.05, 0.1) is 17.2 Å². The molecular weight excluding hydrogens is 346 g/mol. The maximum Gasteiger partial charge on any atom is 0.271 e. The third-order valence-corrected chi connectivity index (χ3v) is 6.65. The van der Waals surface area contributed by atoms with Gasteiger partial charge in [-0.2, -0.15) is 0 Å². The van der Waals surface area contributed by atoms with E-state index in [1.165, 1.54) is 16.9 Å². The fourth-order valence-corrected chi connectivity index (χ4v) is 5.30. The molecule has 1 aliphatic carbocycles. The van der Waals surface area contributed by atoms with Gasteiger partial charge >= 0.3 is 0 Å². The van der Waals surface area contributed by atoms with Crippen molar-refractivity contribution >= 4 is 17.2 Å². The summed E-state index contributed by atoms with van der Waals surface area (Å²) in [6.45, 7) is 3.88. The topological polar surface area (TPSA) is 74.2 Å². The van der Waals surface area contributed by atoms with Crippen molar-refractivity contribution in [1.29, 1.82) is 0 Å². The number of aromatic nitrogens is 1. The number of rotatable bonds is 4. The first kappa shape index (κ1) is 17.6. The van der Waals surface area contributed by atoms with E-state index < -0.39 is 6.10 Å². The van der Waals surface area contributed by atoms with Gasteiger partial charge in [0.2, 0.25) is 0 Å². The van der Waals surface area contributed by atoms with E-state index in [4.69, 9.17) is 0 Å². The van der Waals surface area contributed by atoms with E-state index >= 15 is 0 Å². The average Bonchev–Trinajstić information content (AvgIpc) is 3.22. The predicted molar refractivity (Wildman–Crippen MR) is 103 cm³/mol. The van der Waals surface area contributed by atoms with Gasteiger partial charge in [0.1, 0.15) is 5.69 Å². The summed E-state index contributed by atoms with van der Waals surface area (Å²) in [5.41, 5.74) is 2.41. The summed E-state index contributed by atoms with van der Waals surface area (Å²) in [5, 5.41) is 20.4. The molecule has 0 unspecified atom stereocenters. The van der Waals surface area contributed by atoms with Crippen LogP contribution in [0.4, 0.5) is 0 Å². The Balaban J connectivity index is 1.61. The number of carbonyl (C=O) groups excluding carboxylic acids is 1. The van der Waals surface area contributed by atoms with E-state index in [2.05, 4.69) is 28.6 Å². The van der Waals surface area contributed by atoms with Gasteiger partial charge in [0, 0.05) is 10.8 Å². The molecule has 1 spiro atoms. The van der Waals surface area contributed by atoms with Crippen LogP contribution in [0.15, 0.2) is 29.6 Å². The Labute approximate surface area is 157 Å². The van der Waals surface area contributed by atoms with Gasteiger partial charge in [0.25, 0.3) is 5.91 Å². The van der Waals surface area contributed by atoms with Crippen LogP contribution in [0.25, 0.3) is 0 Å². The Morgan fingerprint density at radius 2 is 2.15 bits per heavy atom. The Morgan fingerprint density at radius 1 is 1.38 bits per heavy atom. The summed E-state index contributed by atoms with van der Waals surface area (Å²) in [5.74, 6) is -0.201. The predicted octanol–water partition coefficient (Wildman–Crippen LogP) is 2.56. The van der Waals surface area contributed by atoms with Crippen LogP contribution in [0.3, 0.4) is 0 Å². The lowest BCUT2D eigenvalue weighted by Gasteiger charge is -2.38. The highest BCUT2D eigenvalue weighted by Crippen LogP contribution is 2.50. The zero-order chi connectivity index (χ0) is 18.1. The number of benzene rings is 1. The second kappa shape index (κ2) is 7.10. The van der Waals surface area contributed by atoms with Gasteiger partial charge in [0.15, 0.2) is 0 Å². The molecule has 26 heavy (non-hydrogen) atoms. The van der Waals surface area contributed by atoms with Crippen molar-refractivity contribution in [2.45, 2.75) is 50.2 Å². The van der Waals surface area contributed by atoms with Gasteiger partial charge in [-0.25, -0.2) is 4.98 Å². The number of aryl methyl sites for hydroxylation is 1. The maximum atomic E-state index is 12.8. The Morgan fingerprint density at radius 3 is 2.92 bits per heavy atom. The second-order valence-electron chi connectivity index (χ2n) is 7.27. The minimum atomic E-state index is -0.611. The molecule has 4 rings (SSSR count). The first-order chi connectivity index (χ1) is 12.7. The van der Waals surface area contributed by atoms with Crippen LogP contribution in [0.2, 0.25) is 0 Å². The lowest BCUT2D eigenvalue weighted by atomic mass is 9.72. The largest absolute Gasteiger partial charge is 0.390 e. The number of aliphatic hydroxyl groups is 1. The first-order valence-electron chi connectivity index (χ1n) is 9.39. The number of nitrogens with zero attached hydrogens (tertiary/aromatic N) is 1. The zero-order valence-electron chi connectivity index (χ0n) is 15.0. The van der Waals surface area contributed by atoms with E-state index in [0.717, 1.165) is 49.3 Å². The van der Waals surface area contributed by atoms with Gasteiger partial charge in [-0.05, 0) is 49.9 Å². The number of nitrogens with one attached hydrogen (secondary N) is 2. The van der Waals surface area contributed by atoms with Crippen molar-refractivity contribution in [2.75, 3.05) is 13.1 Å². The summed E-state index contributed by atoms with van der Waals surface area (Å²) >= 11 is 1.53. The monoisotopic (exact) mass is 371 g/mol. The van der Waals surface area contributed by atoms with Crippen molar-refractivity contribution in [3.05, 3.63) is 51.5 Å². The lowest BCUT2D eigenvalue weighted by Crippen LogP contribution is -2.48. The number of piperidine rings is 1. The molecule has 5 nitrogen and oxygen atoms in total. The first-order valence-corrected chi connectivity index (χ1v) is 10.3. The number of carbonyl (C=O) groups is 1. The second-order valence-corrected chi connectivity index (χ2v) is 8.21. The summed E-state index contributed by atoms with van der Waals surface area (Å²) in [4.78, 5) is 17.2. The fraction of sp³-hybridized carbons (Fsp3) is 0.500. The molecule has 1 aromatic heterocycles. The molecule has 1 amide bonds. The highest BCUT2D eigenvalue weighted by Gasteiger charge is 2.52. The Hall–Kier alpha value is -1.76. The van der Waals surface area contributed by atoms with E-state index in [1.54, 1.807) is 0 Å². The summed E-state index contributed by atoms with van der Waals surface area (Å²) < 4.78 is 0. The molecule has 3 N–H and O–H groups in total. The van der Waals surface area contributed by atoms with Crippen molar-refractivity contribution in [3.8, 4) is 0 Å².